The van der Waals surface area contributed by atoms with E-state index >= 15 is 0 Å². The van der Waals surface area contributed by atoms with Crippen LogP contribution in [0, 0.1) is 18.3 Å². The highest BCUT2D eigenvalue weighted by Crippen LogP contribution is 2.12. The second kappa shape index (κ2) is 6.82. The van der Waals surface area contributed by atoms with E-state index in [1.165, 1.54) is 0 Å². The van der Waals surface area contributed by atoms with Crippen LogP contribution in [-0.2, 0) is 0 Å². The van der Waals surface area contributed by atoms with Gasteiger partial charge in [0.2, 0.25) is 11.5 Å². The third-order valence-electron chi connectivity index (χ3n) is 2.78. The summed E-state index contributed by atoms with van der Waals surface area (Å²) in [6.45, 7) is 1.98. The first-order chi connectivity index (χ1) is 10.1. The maximum absolute atomic E-state index is 12.2. The predicted molar refractivity (Wildman–Crippen MR) is 86.3 cm³/mol. The molecule has 0 atom stereocenters. The molecule has 0 aliphatic heterocycles. The van der Waals surface area contributed by atoms with Crippen molar-refractivity contribution in [1.82, 2.24) is 0 Å². The summed E-state index contributed by atoms with van der Waals surface area (Å²) in [6, 6.07) is 16.1. The Bertz CT molecular complexity index is 713. The fraction of sp³-hybridized carbons (Fsp3) is 0.0625. The third-order valence-corrected chi connectivity index (χ3v) is 3.30. The number of carbonyl (C=O) groups excluding carboxylic acids is 1. The highest BCUT2D eigenvalue weighted by atomic mass is 79.9. The number of nitrogens with zero attached hydrogens (tertiary/aromatic N) is 2. The van der Waals surface area contributed by atoms with Gasteiger partial charge in [-0.05, 0) is 43.3 Å². The topological polar surface area (TPSA) is 65.2 Å². The Kier molecular flexibility index (Phi) is 4.85. The molecule has 4 nitrogen and oxygen atoms in total. The van der Waals surface area contributed by atoms with E-state index in [0.717, 1.165) is 15.7 Å². The smallest absolute Gasteiger partial charge is 0.223 e. The highest BCUT2D eigenvalue weighted by molar-refractivity contribution is 9.10. The lowest BCUT2D eigenvalue weighted by molar-refractivity contribution is 0.106. The molecule has 2 rings (SSSR count). The van der Waals surface area contributed by atoms with Crippen LogP contribution in [0.5, 0.6) is 0 Å². The van der Waals surface area contributed by atoms with Crippen molar-refractivity contribution in [1.29, 1.82) is 5.26 Å². The SMILES string of the molecule is Cc1ccc(N/N=C(/C#N)C(=O)c2ccc(Br)cc2)cc1. The zero-order chi connectivity index (χ0) is 15.2. The van der Waals surface area contributed by atoms with Crippen LogP contribution in [-0.4, -0.2) is 11.5 Å². The second-order valence-corrected chi connectivity index (χ2v) is 5.30. The van der Waals surface area contributed by atoms with Gasteiger partial charge in [-0.2, -0.15) is 10.4 Å². The summed E-state index contributed by atoms with van der Waals surface area (Å²) in [6.07, 6.45) is 0. The molecule has 21 heavy (non-hydrogen) atoms. The van der Waals surface area contributed by atoms with Gasteiger partial charge < -0.3 is 0 Å². The Morgan fingerprint density at radius 1 is 1.14 bits per heavy atom. The molecule has 0 fully saturated rings. The van der Waals surface area contributed by atoms with Gasteiger partial charge in [0.25, 0.3) is 0 Å². The number of benzene rings is 2. The fourth-order valence-electron chi connectivity index (χ4n) is 1.61. The van der Waals surface area contributed by atoms with Crippen LogP contribution in [0.3, 0.4) is 0 Å². The normalized spacial score (nSPS) is 10.8. The lowest BCUT2D eigenvalue weighted by Crippen LogP contribution is -2.14. The molecule has 0 unspecified atom stereocenters. The molecule has 104 valence electrons. The largest absolute Gasteiger partial charge is 0.286 e. The third kappa shape index (κ3) is 4.01. The number of carbonyl (C=O) groups is 1. The minimum atomic E-state index is -0.412. The highest BCUT2D eigenvalue weighted by Gasteiger charge is 2.13. The summed E-state index contributed by atoms with van der Waals surface area (Å²) in [4.78, 5) is 12.2. The van der Waals surface area contributed by atoms with E-state index in [0.29, 0.717) is 5.56 Å². The number of ketones is 1. The zero-order valence-corrected chi connectivity index (χ0v) is 12.9. The van der Waals surface area contributed by atoms with Crippen molar-refractivity contribution < 1.29 is 4.79 Å². The number of halogens is 1. The van der Waals surface area contributed by atoms with Crippen LogP contribution in [0.1, 0.15) is 15.9 Å². The van der Waals surface area contributed by atoms with Crippen molar-refractivity contribution in [2.45, 2.75) is 6.92 Å². The van der Waals surface area contributed by atoms with Crippen molar-refractivity contribution >= 4 is 33.1 Å². The molecule has 0 heterocycles. The van der Waals surface area contributed by atoms with Crippen molar-refractivity contribution in [3.8, 4) is 6.07 Å². The van der Waals surface area contributed by atoms with Crippen LogP contribution in [0.15, 0.2) is 58.1 Å². The maximum Gasteiger partial charge on any atom is 0.223 e. The van der Waals surface area contributed by atoms with Gasteiger partial charge in [-0.3, -0.25) is 10.2 Å². The molecule has 0 aliphatic rings. The molecule has 2 aromatic rings. The van der Waals surface area contributed by atoms with Gasteiger partial charge in [0.1, 0.15) is 6.07 Å². The second-order valence-electron chi connectivity index (χ2n) is 4.39. The molecule has 2 aromatic carbocycles. The molecule has 1 N–H and O–H groups in total. The Labute approximate surface area is 131 Å². The minimum absolute atomic E-state index is 0.183. The molecule has 0 aliphatic carbocycles. The van der Waals surface area contributed by atoms with E-state index in [1.54, 1.807) is 24.3 Å². The average molecular weight is 342 g/mol. The first kappa shape index (κ1) is 14.9. The minimum Gasteiger partial charge on any atom is -0.286 e. The van der Waals surface area contributed by atoms with E-state index in [9.17, 15) is 4.79 Å². The van der Waals surface area contributed by atoms with E-state index in [-0.39, 0.29) is 5.71 Å². The van der Waals surface area contributed by atoms with Gasteiger partial charge in [-0.25, -0.2) is 0 Å². The van der Waals surface area contributed by atoms with Crippen LogP contribution < -0.4 is 5.43 Å². The molecule has 5 heteroatoms. The van der Waals surface area contributed by atoms with Gasteiger partial charge >= 0.3 is 0 Å². The van der Waals surface area contributed by atoms with Crippen molar-refractivity contribution in [2.24, 2.45) is 5.10 Å². The van der Waals surface area contributed by atoms with Gasteiger partial charge in [-0.15, -0.1) is 0 Å². The van der Waals surface area contributed by atoms with Crippen LogP contribution in [0.4, 0.5) is 5.69 Å². The predicted octanol–water partition coefficient (Wildman–Crippen LogP) is 3.93. The Morgan fingerprint density at radius 3 is 2.33 bits per heavy atom. The summed E-state index contributed by atoms with van der Waals surface area (Å²) in [7, 11) is 0. The molecule has 0 spiro atoms. The van der Waals surface area contributed by atoms with Crippen molar-refractivity contribution in [3.63, 3.8) is 0 Å². The van der Waals surface area contributed by atoms with Gasteiger partial charge in [0, 0.05) is 10.0 Å². The van der Waals surface area contributed by atoms with Crippen LogP contribution in [0.25, 0.3) is 0 Å². The summed E-state index contributed by atoms with van der Waals surface area (Å²) in [5.74, 6) is -0.412. The Morgan fingerprint density at radius 2 is 1.76 bits per heavy atom. The standard InChI is InChI=1S/C16H12BrN3O/c1-11-2-8-14(9-3-11)19-20-15(10-18)16(21)12-4-6-13(17)7-5-12/h2-9,19H,1H3/b20-15-. The lowest BCUT2D eigenvalue weighted by Gasteiger charge is -2.02. The molecular formula is C16H12BrN3O. The summed E-state index contributed by atoms with van der Waals surface area (Å²) in [5, 5.41) is 13.0. The molecule has 0 saturated heterocycles. The van der Waals surface area contributed by atoms with E-state index in [2.05, 4.69) is 26.5 Å². The number of hydrogen-bond donors (Lipinski definition) is 1. The number of aryl methyl sites for hydroxylation is 1. The van der Waals surface area contributed by atoms with Gasteiger partial charge in [-0.1, -0.05) is 33.6 Å². The van der Waals surface area contributed by atoms with Crippen molar-refractivity contribution in [3.05, 3.63) is 64.1 Å². The summed E-state index contributed by atoms with van der Waals surface area (Å²) >= 11 is 3.30. The first-order valence-electron chi connectivity index (χ1n) is 6.21. The van der Waals surface area contributed by atoms with Crippen LogP contribution >= 0.6 is 15.9 Å². The van der Waals surface area contributed by atoms with Gasteiger partial charge in [0.15, 0.2) is 0 Å². The van der Waals surface area contributed by atoms with E-state index < -0.39 is 5.78 Å². The summed E-state index contributed by atoms with van der Waals surface area (Å²) in [5.41, 5.74) is 4.80. The number of nitriles is 1. The van der Waals surface area contributed by atoms with Crippen LogP contribution in [0.2, 0.25) is 0 Å². The number of nitrogens with one attached hydrogen (secondary N) is 1. The average Bonchev–Trinajstić information content (AvgIpc) is 2.50. The number of Topliss-reactive ketones (excluding diaryl/α,β-unsaturated/α-hetero) is 1. The van der Waals surface area contributed by atoms with E-state index in [4.69, 9.17) is 5.26 Å². The fourth-order valence-corrected chi connectivity index (χ4v) is 1.88. The number of anilines is 1. The molecule has 0 bridgehead atoms. The summed E-state index contributed by atoms with van der Waals surface area (Å²) < 4.78 is 0.868. The number of hydrogen-bond acceptors (Lipinski definition) is 4. The number of hydrazone groups is 1. The molecule has 0 amide bonds. The molecular weight excluding hydrogens is 330 g/mol. The van der Waals surface area contributed by atoms with E-state index in [1.807, 2.05) is 37.3 Å². The molecule has 0 aromatic heterocycles. The number of rotatable bonds is 4. The quantitative estimate of drug-likeness (QED) is 0.520. The lowest BCUT2D eigenvalue weighted by atomic mass is 10.1. The zero-order valence-electron chi connectivity index (χ0n) is 11.3. The van der Waals surface area contributed by atoms with Crippen molar-refractivity contribution in [2.75, 3.05) is 5.43 Å². The molecule has 0 saturated carbocycles. The Balaban J connectivity index is 2.17. The van der Waals surface area contributed by atoms with Gasteiger partial charge in [0.05, 0.1) is 5.69 Å². The first-order valence-corrected chi connectivity index (χ1v) is 7.00. The Hall–Kier alpha value is -2.45. The monoisotopic (exact) mass is 341 g/mol. The molecule has 0 radical (unpaired) electrons. The maximum atomic E-state index is 12.2.